The molecule has 1 saturated heterocycles. The van der Waals surface area contributed by atoms with E-state index in [1.54, 1.807) is 25.3 Å². The fraction of sp³-hybridized carbons (Fsp3) is 0.548. The van der Waals surface area contributed by atoms with E-state index in [4.69, 9.17) is 28.9 Å². The highest BCUT2D eigenvalue weighted by Crippen LogP contribution is 2.39. The van der Waals surface area contributed by atoms with Crippen LogP contribution in [0.4, 0.5) is 9.59 Å². The fourth-order valence-corrected chi connectivity index (χ4v) is 5.10. The smallest absolute Gasteiger partial charge is 0.420 e. The molecule has 0 spiro atoms. The Balaban J connectivity index is 1.77. The molecule has 0 unspecified atom stereocenters. The molecule has 0 N–H and O–H groups in total. The molecule has 4 rings (SSSR count). The van der Waals surface area contributed by atoms with Gasteiger partial charge in [0.2, 0.25) is 0 Å². The van der Waals surface area contributed by atoms with Gasteiger partial charge < -0.3 is 23.8 Å². The van der Waals surface area contributed by atoms with Crippen molar-refractivity contribution in [2.75, 3.05) is 27.3 Å². The number of hydrogen-bond donors (Lipinski definition) is 0. The van der Waals surface area contributed by atoms with Crippen LogP contribution in [-0.4, -0.2) is 70.1 Å². The summed E-state index contributed by atoms with van der Waals surface area (Å²) in [5.74, 6) is 1.27. The molecule has 1 aliphatic heterocycles. The van der Waals surface area contributed by atoms with E-state index >= 15 is 0 Å². The first-order valence-electron chi connectivity index (χ1n) is 14.1. The van der Waals surface area contributed by atoms with Crippen molar-refractivity contribution in [2.45, 2.75) is 84.8 Å². The zero-order valence-corrected chi connectivity index (χ0v) is 25.7. The first kappa shape index (κ1) is 30.1. The molecule has 10 nitrogen and oxygen atoms in total. The highest BCUT2D eigenvalue weighted by molar-refractivity contribution is 5.96. The lowest BCUT2D eigenvalue weighted by Gasteiger charge is -2.33. The number of rotatable bonds is 5. The molecular formula is C31H42N4O6. The number of amides is 1. The number of carbonyl (C=O) groups is 2. The molecule has 1 aromatic carbocycles. The number of aryl methyl sites for hydroxylation is 1. The van der Waals surface area contributed by atoms with Crippen molar-refractivity contribution in [2.24, 2.45) is 0 Å². The van der Waals surface area contributed by atoms with Crippen molar-refractivity contribution in [1.82, 2.24) is 19.4 Å². The van der Waals surface area contributed by atoms with Crippen LogP contribution in [0.25, 0.3) is 22.4 Å². The zero-order chi connectivity index (χ0) is 30.1. The summed E-state index contributed by atoms with van der Waals surface area (Å²) in [6, 6.07) is 5.55. The van der Waals surface area contributed by atoms with E-state index < -0.39 is 17.3 Å². The number of hydrogen-bond acceptors (Lipinski definition) is 8. The third-order valence-corrected chi connectivity index (χ3v) is 6.93. The van der Waals surface area contributed by atoms with Crippen LogP contribution in [-0.2, 0) is 15.9 Å². The van der Waals surface area contributed by atoms with Gasteiger partial charge in [-0.05, 0) is 79.0 Å². The lowest BCUT2D eigenvalue weighted by molar-refractivity contribution is 0.0203. The summed E-state index contributed by atoms with van der Waals surface area (Å²) >= 11 is 0. The van der Waals surface area contributed by atoms with Crippen LogP contribution >= 0.6 is 0 Å². The standard InChI is InChI=1S/C31H42N4O6/c1-10-21-25-27(32-18-22(33-25)19-13-15-34(16-14-19)28(36)40-30(2,3)4)35(29(37)41-31(5,6)7)26(21)20-11-12-23(38-8)24(17-20)39-9/h11-12,17-19H,10,13-16H2,1-9H3. The molecule has 3 heterocycles. The van der Waals surface area contributed by atoms with Crippen LogP contribution < -0.4 is 9.47 Å². The number of carbonyl (C=O) groups excluding carboxylic acids is 2. The van der Waals surface area contributed by atoms with Crippen molar-refractivity contribution >= 4 is 23.4 Å². The van der Waals surface area contributed by atoms with E-state index in [0.717, 1.165) is 29.7 Å². The van der Waals surface area contributed by atoms with Crippen LogP contribution in [0.15, 0.2) is 24.4 Å². The maximum atomic E-state index is 13.6. The van der Waals surface area contributed by atoms with Crippen LogP contribution in [0.2, 0.25) is 0 Å². The summed E-state index contributed by atoms with van der Waals surface area (Å²) in [6.45, 7) is 14.3. The number of nitrogens with zero attached hydrogens (tertiary/aromatic N) is 4. The van der Waals surface area contributed by atoms with Gasteiger partial charge in [-0.25, -0.2) is 24.1 Å². The molecule has 0 saturated carbocycles. The van der Waals surface area contributed by atoms with Crippen LogP contribution in [0.3, 0.4) is 0 Å². The Kier molecular flexibility index (Phi) is 8.52. The normalized spacial score (nSPS) is 14.7. The van der Waals surface area contributed by atoms with E-state index in [-0.39, 0.29) is 12.0 Å². The van der Waals surface area contributed by atoms with E-state index in [0.29, 0.717) is 47.9 Å². The minimum Gasteiger partial charge on any atom is -0.493 e. The summed E-state index contributed by atoms with van der Waals surface area (Å²) in [5.41, 5.74) is 3.02. The molecule has 0 atom stereocenters. The topological polar surface area (TPSA) is 105 Å². The number of piperidine rings is 1. The Morgan fingerprint density at radius 1 is 0.927 bits per heavy atom. The molecule has 1 amide bonds. The molecule has 41 heavy (non-hydrogen) atoms. The highest BCUT2D eigenvalue weighted by atomic mass is 16.6. The van der Waals surface area contributed by atoms with Gasteiger partial charge in [-0.3, -0.25) is 0 Å². The van der Waals surface area contributed by atoms with Gasteiger partial charge in [-0.1, -0.05) is 6.92 Å². The predicted octanol–water partition coefficient (Wildman–Crippen LogP) is 6.58. The number of fused-ring (bicyclic) bond motifs is 1. The van der Waals surface area contributed by atoms with E-state index in [1.807, 2.05) is 66.7 Å². The molecule has 222 valence electrons. The zero-order valence-electron chi connectivity index (χ0n) is 25.7. The Morgan fingerprint density at radius 2 is 1.54 bits per heavy atom. The largest absolute Gasteiger partial charge is 0.493 e. The lowest BCUT2D eigenvalue weighted by atomic mass is 9.94. The number of benzene rings is 1. The summed E-state index contributed by atoms with van der Waals surface area (Å²) in [6.07, 6.45) is 3.03. The van der Waals surface area contributed by atoms with Crippen molar-refractivity contribution in [3.05, 3.63) is 35.7 Å². The van der Waals surface area contributed by atoms with E-state index in [2.05, 4.69) is 0 Å². The van der Waals surface area contributed by atoms with Crippen LogP contribution in [0.5, 0.6) is 11.5 Å². The monoisotopic (exact) mass is 566 g/mol. The number of aromatic nitrogens is 3. The van der Waals surface area contributed by atoms with Crippen LogP contribution in [0, 0.1) is 0 Å². The maximum absolute atomic E-state index is 13.6. The van der Waals surface area contributed by atoms with Crippen molar-refractivity contribution in [3.63, 3.8) is 0 Å². The average Bonchev–Trinajstić information content (AvgIpc) is 3.24. The van der Waals surface area contributed by atoms with Crippen molar-refractivity contribution in [3.8, 4) is 22.8 Å². The molecule has 2 aromatic heterocycles. The summed E-state index contributed by atoms with van der Waals surface area (Å²) in [4.78, 5) is 37.8. The average molecular weight is 567 g/mol. The Labute approximate surface area is 241 Å². The van der Waals surface area contributed by atoms with Gasteiger partial charge in [0.05, 0.1) is 31.8 Å². The molecule has 1 aliphatic rings. The number of methoxy groups -OCH3 is 2. The SMILES string of the molecule is CCc1c(-c2ccc(OC)c(OC)c2)n(C(=O)OC(C)(C)C)c2ncc(C3CCN(C(=O)OC(C)(C)C)CC3)nc12. The summed E-state index contributed by atoms with van der Waals surface area (Å²) in [7, 11) is 3.16. The van der Waals surface area contributed by atoms with Crippen LogP contribution in [0.1, 0.15) is 78.5 Å². The Bertz CT molecular complexity index is 1430. The van der Waals surface area contributed by atoms with Gasteiger partial charge in [0.15, 0.2) is 17.1 Å². The number of likely N-dealkylation sites (tertiary alicyclic amines) is 1. The minimum absolute atomic E-state index is 0.129. The van der Waals surface area contributed by atoms with E-state index in [1.165, 1.54) is 4.57 Å². The molecule has 10 heteroatoms. The molecule has 0 bridgehead atoms. The summed E-state index contributed by atoms with van der Waals surface area (Å²) in [5, 5.41) is 0. The quantitative estimate of drug-likeness (QED) is 0.341. The third kappa shape index (κ3) is 6.57. The Morgan fingerprint density at radius 3 is 2.10 bits per heavy atom. The summed E-state index contributed by atoms with van der Waals surface area (Å²) < 4.78 is 23.9. The van der Waals surface area contributed by atoms with E-state index in [9.17, 15) is 9.59 Å². The van der Waals surface area contributed by atoms with Gasteiger partial charge in [0, 0.05) is 30.1 Å². The molecule has 1 fully saturated rings. The Hall–Kier alpha value is -3.82. The first-order chi connectivity index (χ1) is 19.3. The van der Waals surface area contributed by atoms with Gasteiger partial charge in [0.25, 0.3) is 0 Å². The van der Waals surface area contributed by atoms with Gasteiger partial charge >= 0.3 is 12.2 Å². The molecular weight excluding hydrogens is 524 g/mol. The molecule has 0 radical (unpaired) electrons. The predicted molar refractivity (Wildman–Crippen MR) is 157 cm³/mol. The fourth-order valence-electron chi connectivity index (χ4n) is 5.10. The van der Waals surface area contributed by atoms with Crippen molar-refractivity contribution < 1.29 is 28.5 Å². The molecule has 0 aliphatic carbocycles. The number of ether oxygens (including phenoxy) is 4. The second-order valence-electron chi connectivity index (χ2n) is 12.3. The second-order valence-corrected chi connectivity index (χ2v) is 12.3. The maximum Gasteiger partial charge on any atom is 0.420 e. The second kappa shape index (κ2) is 11.6. The third-order valence-electron chi connectivity index (χ3n) is 6.93. The minimum atomic E-state index is -0.704. The first-order valence-corrected chi connectivity index (χ1v) is 14.1. The van der Waals surface area contributed by atoms with Gasteiger partial charge in [0.1, 0.15) is 16.7 Å². The molecule has 3 aromatic rings. The lowest BCUT2D eigenvalue weighted by Crippen LogP contribution is -2.41. The van der Waals surface area contributed by atoms with Crippen molar-refractivity contribution in [1.29, 1.82) is 0 Å². The van der Waals surface area contributed by atoms with Gasteiger partial charge in [-0.15, -0.1) is 0 Å². The van der Waals surface area contributed by atoms with Gasteiger partial charge in [-0.2, -0.15) is 0 Å². The highest BCUT2D eigenvalue weighted by Gasteiger charge is 2.31.